The molecule has 2 aliphatic rings. The van der Waals surface area contributed by atoms with Crippen LogP contribution in [0.1, 0.15) is 59.9 Å². The third-order valence-corrected chi connectivity index (χ3v) is 66.2. The van der Waals surface area contributed by atoms with Gasteiger partial charge in [0.1, 0.15) is 0 Å². The van der Waals surface area contributed by atoms with Gasteiger partial charge in [0.05, 0.1) is 13.2 Å². The minimum absolute atomic E-state index is 0. The Morgan fingerprint density at radius 2 is 0.794 bits per heavy atom. The molecular weight excluding hydrogens is 1520 g/mol. The van der Waals surface area contributed by atoms with E-state index in [0.29, 0.717) is 42.7 Å². The zero-order valence-corrected chi connectivity index (χ0v) is 83.1. The van der Waals surface area contributed by atoms with Crippen LogP contribution in [0.3, 0.4) is 0 Å². The Morgan fingerprint density at radius 3 is 1.14 bits per heavy atom. The summed E-state index contributed by atoms with van der Waals surface area (Å²) in [5, 5.41) is 2.67. The molecule has 1 saturated carbocycles. The molecule has 13 nitrogen and oxygen atoms in total. The molecule has 580 valence electrons. The van der Waals surface area contributed by atoms with Gasteiger partial charge in [0.25, 0.3) is 0 Å². The van der Waals surface area contributed by atoms with E-state index in [2.05, 4.69) is 263 Å². The van der Waals surface area contributed by atoms with Crippen LogP contribution >= 0.6 is 0 Å². The van der Waals surface area contributed by atoms with Crippen molar-refractivity contribution in [2.45, 2.75) is 234 Å². The predicted octanol–water partition coefficient (Wildman–Crippen LogP) is 18.7. The summed E-state index contributed by atoms with van der Waals surface area (Å²) >= 11 is 0. The van der Waals surface area contributed by atoms with Gasteiger partial charge in [-0.25, -0.2) is 9.59 Å². The molecule has 0 radical (unpaired) electrons. The number of rotatable bonds is 44. The molecule has 28 heteroatoms. The lowest BCUT2D eigenvalue weighted by molar-refractivity contribution is -0.139. The van der Waals surface area contributed by atoms with Crippen molar-refractivity contribution in [2.75, 3.05) is 13.2 Å². The Labute approximate surface area is 644 Å². The van der Waals surface area contributed by atoms with Crippen LogP contribution in [0.25, 0.3) is 6.08 Å². The topological polar surface area (TPSA) is 136 Å². The van der Waals surface area contributed by atoms with E-state index in [4.69, 9.17) is 46.5 Å². The number of hydrogen-bond acceptors (Lipinski definition) is 13. The molecule has 2 aromatic rings. The smallest absolute Gasteiger partial charge is 0.462 e. The zero-order valence-electron chi connectivity index (χ0n) is 66.9. The van der Waals surface area contributed by atoms with Crippen LogP contribution < -0.4 is 10.4 Å². The first-order valence-corrected chi connectivity index (χ1v) is 74.6. The maximum atomic E-state index is 12.0. The summed E-state index contributed by atoms with van der Waals surface area (Å²) in [4.78, 5) is 23.8. The molecular formula is C74H146O13Si15. The van der Waals surface area contributed by atoms with Crippen molar-refractivity contribution in [1.29, 1.82) is 0 Å². The van der Waals surface area contributed by atoms with Crippen molar-refractivity contribution in [3.05, 3.63) is 177 Å². The quantitative estimate of drug-likeness (QED) is 0.0205. The number of hydrogen-bond donors (Lipinski definition) is 0. The average molecular weight is 1670 g/mol. The van der Waals surface area contributed by atoms with E-state index in [9.17, 15) is 9.59 Å². The molecule has 3 atom stereocenters. The van der Waals surface area contributed by atoms with Crippen molar-refractivity contribution in [3.8, 4) is 0 Å². The molecule has 0 spiro atoms. The van der Waals surface area contributed by atoms with Crippen molar-refractivity contribution in [2.24, 2.45) is 11.8 Å². The van der Waals surface area contributed by atoms with Gasteiger partial charge in [-0.15, -0.1) is 39.5 Å². The van der Waals surface area contributed by atoms with Crippen LogP contribution in [-0.2, 0) is 56.1 Å². The van der Waals surface area contributed by atoms with Crippen LogP contribution in [0.2, 0.25) is 179 Å². The first kappa shape index (κ1) is 102. The molecule has 2 bridgehead atoms. The Hall–Kier alpha value is -2.33. The summed E-state index contributed by atoms with van der Waals surface area (Å²) in [5.74, 6) is 1.02. The molecule has 1 fully saturated rings. The molecule has 0 amide bonds. The highest BCUT2D eigenvalue weighted by Crippen LogP contribution is 2.47. The van der Waals surface area contributed by atoms with E-state index in [1.54, 1.807) is 13.8 Å². The second kappa shape index (κ2) is 45.6. The maximum absolute atomic E-state index is 12.0. The largest absolute Gasteiger partial charge is 0.470 e. The van der Waals surface area contributed by atoms with E-state index in [0.717, 1.165) is 41.1 Å². The number of carbonyl (C=O) groups excluding carboxylic acids is 2. The van der Waals surface area contributed by atoms with Crippen molar-refractivity contribution < 1.29 is 56.1 Å². The van der Waals surface area contributed by atoms with Crippen molar-refractivity contribution in [1.82, 2.24) is 0 Å². The molecule has 102 heavy (non-hydrogen) atoms. The van der Waals surface area contributed by atoms with E-state index in [1.165, 1.54) is 29.3 Å². The summed E-state index contributed by atoms with van der Waals surface area (Å²) in [6.07, 6.45) is 10.7. The van der Waals surface area contributed by atoms with Crippen molar-refractivity contribution in [3.63, 3.8) is 0 Å². The molecule has 0 saturated heterocycles. The predicted molar refractivity (Wildman–Crippen MR) is 483 cm³/mol. The fourth-order valence-electron chi connectivity index (χ4n) is 10.0. The molecule has 0 N–H and O–H groups in total. The van der Waals surface area contributed by atoms with Crippen LogP contribution in [0.4, 0.5) is 0 Å². The lowest BCUT2D eigenvalue weighted by Gasteiger charge is -2.44. The van der Waals surface area contributed by atoms with Gasteiger partial charge in [0, 0.05) is 31.3 Å². The Morgan fingerprint density at radius 1 is 0.431 bits per heavy atom. The van der Waals surface area contributed by atoms with E-state index < -0.39 is 120 Å². The number of esters is 2. The SMILES string of the molecule is C.C.C=C[Si](C)(C)O[SiH2]C1CC2C=CC1C2.C=C[Si](C)(C)O[Si](CCCOC(=O)C(=C)C)(O[Si](C)(C)C=C)O[Si](C)(C)CC[Si](C)(C)C.C=C[Si](C)(C)O[Si](CCCOC(=O)C(=C)C)(O[Si](C)(C)C=C)O[Si](C)(C)CC[Si](C)(C)O[SiH2]c1ccccc1.C=Cc1ccc([SiH2]O[Si](C)(C)C=C)cc1. The summed E-state index contributed by atoms with van der Waals surface area (Å²) in [6, 6.07) is 24.4. The lowest BCUT2D eigenvalue weighted by Crippen LogP contribution is -2.61. The van der Waals surface area contributed by atoms with Gasteiger partial charge in [0.2, 0.25) is 33.3 Å². The van der Waals surface area contributed by atoms with E-state index in [-0.39, 0.29) is 43.2 Å². The zero-order chi connectivity index (χ0) is 76.9. The molecule has 3 unspecified atom stereocenters. The summed E-state index contributed by atoms with van der Waals surface area (Å²) in [5.41, 5.74) is 14.6. The van der Waals surface area contributed by atoms with E-state index in [1.807, 2.05) is 40.6 Å². The Bertz CT molecular complexity index is 2940. The number of carbonyl (C=O) groups is 2. The standard InChI is InChI=1S/C27H52O6Si6.C22H48O5Si5.C12H18OSi2.C11H20OSi2.2CH4/c1-13-35(5,6)31-39(32-36(7,8)14-2,22-18-21-29-27(28)25(3)4)33-38(11,12)24-23-37(9,10)30-34-26-19-16-15-17-20-26;1-14-29(8,9)25-32(26-30(10,11)15-2,18-16-17-24-22(23)21(3)4)27-31(12,13)20-19-28(5,6)7;1-5-11-7-9-12(10-8-11)14-13-15(3,4)6-2;1-4-14(2,3)12-13-11-8-9-5-6-10(11)7-9;;/h13-17,19-20H,1-3,18,21-24,34H2,4-12H3;14-15H,1-3,16-20H2,4-13H3;5-10H,1-2,14H2,3-4H3;4-6,9-11H,1,7-8,13H2,2-3H3;2*1H4. The van der Waals surface area contributed by atoms with Gasteiger partial charge in [-0.2, -0.15) is 0 Å². The second-order valence-electron chi connectivity index (χ2n) is 33.1. The fourth-order valence-corrected chi connectivity index (χ4v) is 59.4. The summed E-state index contributed by atoms with van der Waals surface area (Å²) in [6.45, 7) is 85.4. The molecule has 0 heterocycles. The summed E-state index contributed by atoms with van der Waals surface area (Å²) in [7, 11) is -27.4. The monoisotopic (exact) mass is 1660 g/mol. The second-order valence-corrected chi connectivity index (χ2v) is 88.1. The van der Waals surface area contributed by atoms with Gasteiger partial charge in [-0.05, 0) is 209 Å². The van der Waals surface area contributed by atoms with Gasteiger partial charge in [-0.1, -0.05) is 167 Å². The highest BCUT2D eigenvalue weighted by molar-refractivity contribution is 6.94. The van der Waals surface area contributed by atoms with Gasteiger partial charge in [-0.3, -0.25) is 0 Å². The average Bonchev–Trinajstić information content (AvgIpc) is 1.01. The third kappa shape index (κ3) is 43.6. The number of fused-ring (bicyclic) bond motifs is 2. The molecule has 0 aliphatic heterocycles. The summed E-state index contributed by atoms with van der Waals surface area (Å²) < 4.78 is 71.1. The fraction of sp³-hybridized carbons (Fsp3) is 0.541. The highest BCUT2D eigenvalue weighted by Gasteiger charge is 2.53. The van der Waals surface area contributed by atoms with Crippen LogP contribution in [0, 0.1) is 11.8 Å². The minimum Gasteiger partial charge on any atom is -0.462 e. The van der Waals surface area contributed by atoms with Crippen LogP contribution in [0.15, 0.2) is 171 Å². The van der Waals surface area contributed by atoms with Crippen LogP contribution in [0.5, 0.6) is 0 Å². The minimum atomic E-state index is -3.20. The molecule has 2 aliphatic carbocycles. The first-order valence-electron chi connectivity index (χ1n) is 35.8. The van der Waals surface area contributed by atoms with Gasteiger partial charge in [0.15, 0.2) is 70.9 Å². The first-order chi connectivity index (χ1) is 45.8. The Balaban J connectivity index is 0. The normalized spacial score (nSPS) is 16.1. The lowest BCUT2D eigenvalue weighted by atomic mass is 10.1. The number of ether oxygens (including phenoxy) is 2. The maximum Gasteiger partial charge on any atom is 0.470 e. The van der Waals surface area contributed by atoms with Crippen molar-refractivity contribution >= 4 is 158 Å². The molecule has 2 aromatic carbocycles. The number of benzene rings is 2. The van der Waals surface area contributed by atoms with Gasteiger partial charge < -0.3 is 46.5 Å². The Kier molecular flexibility index (Phi) is 45.5. The van der Waals surface area contributed by atoms with E-state index >= 15 is 0 Å². The van der Waals surface area contributed by atoms with Crippen LogP contribution in [-0.4, -0.2) is 155 Å². The van der Waals surface area contributed by atoms with Gasteiger partial charge >= 0.3 is 29.5 Å². The molecule has 0 aromatic heterocycles. The number of allylic oxidation sites excluding steroid dienone is 2. The third-order valence-electron chi connectivity index (χ3n) is 17.1. The molecule has 4 rings (SSSR count). The highest BCUT2D eigenvalue weighted by atomic mass is 28.5.